The molecule has 0 saturated carbocycles. The smallest absolute Gasteiger partial charge is 0.260 e. The highest BCUT2D eigenvalue weighted by atomic mass is 32.2. The molecule has 1 aliphatic heterocycles. The zero-order chi connectivity index (χ0) is 14.6. The van der Waals surface area contributed by atoms with E-state index < -0.39 is 0 Å². The second-order valence-corrected chi connectivity index (χ2v) is 7.28. The van der Waals surface area contributed by atoms with Crippen LogP contribution in [0, 0.1) is 0 Å². The van der Waals surface area contributed by atoms with Crippen LogP contribution in [0.2, 0.25) is 0 Å². The summed E-state index contributed by atoms with van der Waals surface area (Å²) < 4.78 is 5.59. The van der Waals surface area contributed by atoms with Crippen molar-refractivity contribution in [3.05, 3.63) is 29.8 Å². The Morgan fingerprint density at radius 3 is 2.35 bits per heavy atom. The molecule has 110 valence electrons. The summed E-state index contributed by atoms with van der Waals surface area (Å²) in [5.74, 6) is 2.92. The molecule has 0 aliphatic carbocycles. The van der Waals surface area contributed by atoms with Gasteiger partial charge in [0.2, 0.25) is 0 Å². The van der Waals surface area contributed by atoms with Gasteiger partial charge in [-0.15, -0.1) is 0 Å². The predicted octanol–water partition coefficient (Wildman–Crippen LogP) is 2.94. The van der Waals surface area contributed by atoms with Crippen LogP contribution in [0.3, 0.4) is 0 Å². The first-order valence-electron chi connectivity index (χ1n) is 7.06. The minimum Gasteiger partial charge on any atom is -0.484 e. The topological polar surface area (TPSA) is 29.5 Å². The average Bonchev–Trinajstić information content (AvgIpc) is 2.45. The third-order valence-corrected chi connectivity index (χ3v) is 4.39. The lowest BCUT2D eigenvalue weighted by atomic mass is 9.87. The second-order valence-electron chi connectivity index (χ2n) is 6.06. The van der Waals surface area contributed by atoms with E-state index in [1.807, 2.05) is 28.8 Å². The van der Waals surface area contributed by atoms with Gasteiger partial charge in [-0.1, -0.05) is 32.9 Å². The number of amides is 1. The van der Waals surface area contributed by atoms with Crippen molar-refractivity contribution in [2.45, 2.75) is 26.2 Å². The molecule has 0 atom stereocenters. The van der Waals surface area contributed by atoms with Crippen molar-refractivity contribution < 1.29 is 9.53 Å². The molecule has 1 heterocycles. The van der Waals surface area contributed by atoms with Gasteiger partial charge in [-0.25, -0.2) is 0 Å². The van der Waals surface area contributed by atoms with Crippen LogP contribution in [-0.2, 0) is 10.2 Å². The summed E-state index contributed by atoms with van der Waals surface area (Å²) in [4.78, 5) is 13.9. The van der Waals surface area contributed by atoms with Crippen molar-refractivity contribution >= 4 is 17.7 Å². The van der Waals surface area contributed by atoms with E-state index >= 15 is 0 Å². The van der Waals surface area contributed by atoms with Gasteiger partial charge in [0.05, 0.1) is 0 Å². The molecule has 3 nitrogen and oxygen atoms in total. The van der Waals surface area contributed by atoms with E-state index in [0.29, 0.717) is 0 Å². The molecule has 1 aromatic carbocycles. The molecule has 20 heavy (non-hydrogen) atoms. The molecule has 4 heteroatoms. The van der Waals surface area contributed by atoms with Gasteiger partial charge >= 0.3 is 0 Å². The Balaban J connectivity index is 1.86. The maximum atomic E-state index is 12.0. The fourth-order valence-electron chi connectivity index (χ4n) is 2.10. The van der Waals surface area contributed by atoms with E-state index in [2.05, 4.69) is 32.9 Å². The summed E-state index contributed by atoms with van der Waals surface area (Å²) in [5, 5.41) is 0. The molecule has 0 N–H and O–H groups in total. The number of hydrogen-bond donors (Lipinski definition) is 0. The third-order valence-electron chi connectivity index (χ3n) is 3.45. The number of ether oxygens (including phenoxy) is 1. The van der Waals surface area contributed by atoms with Crippen LogP contribution in [0.15, 0.2) is 24.3 Å². The van der Waals surface area contributed by atoms with Crippen molar-refractivity contribution in [1.29, 1.82) is 0 Å². The zero-order valence-electron chi connectivity index (χ0n) is 12.5. The van der Waals surface area contributed by atoms with E-state index in [-0.39, 0.29) is 17.9 Å². The summed E-state index contributed by atoms with van der Waals surface area (Å²) in [7, 11) is 0. The lowest BCUT2D eigenvalue weighted by Gasteiger charge is -2.26. The predicted molar refractivity (Wildman–Crippen MR) is 84.5 cm³/mol. The highest BCUT2D eigenvalue weighted by molar-refractivity contribution is 7.99. The Labute approximate surface area is 125 Å². The normalized spacial score (nSPS) is 16.1. The van der Waals surface area contributed by atoms with Gasteiger partial charge in [0.1, 0.15) is 5.75 Å². The van der Waals surface area contributed by atoms with E-state index in [1.165, 1.54) is 5.56 Å². The van der Waals surface area contributed by atoms with E-state index in [1.54, 1.807) is 0 Å². The van der Waals surface area contributed by atoms with Gasteiger partial charge < -0.3 is 9.64 Å². The molecule has 1 aromatic rings. The summed E-state index contributed by atoms with van der Waals surface area (Å²) in [6.45, 7) is 8.37. The number of nitrogens with zero attached hydrogens (tertiary/aromatic N) is 1. The number of thioether (sulfide) groups is 1. The number of carbonyl (C=O) groups excluding carboxylic acids is 1. The fraction of sp³-hybridized carbons (Fsp3) is 0.562. The minimum absolute atomic E-state index is 0.0881. The molecule has 1 saturated heterocycles. The first kappa shape index (κ1) is 15.2. The molecule has 2 rings (SSSR count). The molecule has 0 aromatic heterocycles. The Morgan fingerprint density at radius 1 is 1.20 bits per heavy atom. The molecular weight excluding hydrogens is 270 g/mol. The first-order valence-corrected chi connectivity index (χ1v) is 8.21. The molecule has 1 aliphatic rings. The molecule has 0 spiro atoms. The number of rotatable bonds is 3. The molecule has 1 amide bonds. The standard InChI is InChI=1S/C16H23NO2S/c1-16(2,3)13-4-6-14(7-5-13)19-12-15(18)17-8-10-20-11-9-17/h4-7H,8-12H2,1-3H3. The van der Waals surface area contributed by atoms with Gasteiger partial charge in [-0.3, -0.25) is 4.79 Å². The van der Waals surface area contributed by atoms with Gasteiger partial charge in [-0.2, -0.15) is 11.8 Å². The quantitative estimate of drug-likeness (QED) is 0.858. The Bertz CT molecular complexity index is 445. The summed E-state index contributed by atoms with van der Waals surface area (Å²) in [6, 6.07) is 8.02. The monoisotopic (exact) mass is 293 g/mol. The molecule has 1 fully saturated rings. The van der Waals surface area contributed by atoms with Crippen LogP contribution in [-0.4, -0.2) is 42.0 Å². The van der Waals surface area contributed by atoms with Crippen molar-refractivity contribution in [2.75, 3.05) is 31.2 Å². The highest BCUT2D eigenvalue weighted by Crippen LogP contribution is 2.24. The van der Waals surface area contributed by atoms with Crippen LogP contribution in [0.1, 0.15) is 26.3 Å². The maximum Gasteiger partial charge on any atom is 0.260 e. The van der Waals surface area contributed by atoms with E-state index in [9.17, 15) is 4.79 Å². The largest absolute Gasteiger partial charge is 0.484 e. The lowest BCUT2D eigenvalue weighted by molar-refractivity contribution is -0.132. The molecule has 0 unspecified atom stereocenters. The van der Waals surface area contributed by atoms with E-state index in [0.717, 1.165) is 30.3 Å². The zero-order valence-corrected chi connectivity index (χ0v) is 13.3. The highest BCUT2D eigenvalue weighted by Gasteiger charge is 2.17. The Morgan fingerprint density at radius 2 is 1.80 bits per heavy atom. The van der Waals surface area contributed by atoms with Gasteiger partial charge in [0.25, 0.3) is 5.91 Å². The van der Waals surface area contributed by atoms with Crippen LogP contribution in [0.5, 0.6) is 5.75 Å². The number of benzene rings is 1. The summed E-state index contributed by atoms with van der Waals surface area (Å²) in [6.07, 6.45) is 0. The summed E-state index contributed by atoms with van der Waals surface area (Å²) >= 11 is 1.90. The van der Waals surface area contributed by atoms with Crippen molar-refractivity contribution in [2.24, 2.45) is 0 Å². The second kappa shape index (κ2) is 6.53. The maximum absolute atomic E-state index is 12.0. The van der Waals surface area contributed by atoms with Gasteiger partial charge in [0, 0.05) is 24.6 Å². The molecule has 0 bridgehead atoms. The molecule has 0 radical (unpaired) electrons. The fourth-order valence-corrected chi connectivity index (χ4v) is 3.00. The van der Waals surface area contributed by atoms with Crippen LogP contribution in [0.25, 0.3) is 0 Å². The number of carbonyl (C=O) groups is 1. The Kier molecular flexibility index (Phi) is 4.97. The number of hydrogen-bond acceptors (Lipinski definition) is 3. The molecular formula is C16H23NO2S. The first-order chi connectivity index (χ1) is 9.47. The Hall–Kier alpha value is -1.16. The average molecular weight is 293 g/mol. The van der Waals surface area contributed by atoms with Crippen molar-refractivity contribution in [3.63, 3.8) is 0 Å². The van der Waals surface area contributed by atoms with Crippen molar-refractivity contribution in [3.8, 4) is 5.75 Å². The minimum atomic E-state index is 0.0881. The van der Waals surface area contributed by atoms with Crippen molar-refractivity contribution in [1.82, 2.24) is 4.90 Å². The lowest BCUT2D eigenvalue weighted by Crippen LogP contribution is -2.40. The van der Waals surface area contributed by atoms with E-state index in [4.69, 9.17) is 4.74 Å². The van der Waals surface area contributed by atoms with Crippen LogP contribution >= 0.6 is 11.8 Å². The van der Waals surface area contributed by atoms with Crippen LogP contribution in [0.4, 0.5) is 0 Å². The van der Waals surface area contributed by atoms with Crippen LogP contribution < -0.4 is 4.74 Å². The SMILES string of the molecule is CC(C)(C)c1ccc(OCC(=O)N2CCSCC2)cc1. The third kappa shape index (κ3) is 4.17. The summed E-state index contributed by atoms with van der Waals surface area (Å²) in [5.41, 5.74) is 1.41. The van der Waals surface area contributed by atoms with Gasteiger partial charge in [0.15, 0.2) is 6.61 Å². The van der Waals surface area contributed by atoms with Gasteiger partial charge in [-0.05, 0) is 23.1 Å².